The molecule has 0 aliphatic heterocycles. The van der Waals surface area contributed by atoms with Crippen LogP contribution in [0.3, 0.4) is 0 Å². The zero-order valence-corrected chi connectivity index (χ0v) is 10.8. The smallest absolute Gasteiger partial charge is 0.178 e. The molecule has 90 valence electrons. The summed E-state index contributed by atoms with van der Waals surface area (Å²) in [5, 5.41) is 0. The molecule has 1 rings (SSSR count). The lowest BCUT2D eigenvalue weighted by molar-refractivity contribution is 0.597. The van der Waals surface area contributed by atoms with Crippen molar-refractivity contribution in [2.75, 3.05) is 11.6 Å². The highest BCUT2D eigenvalue weighted by Gasteiger charge is 2.12. The Bertz CT molecular complexity index is 428. The van der Waals surface area contributed by atoms with E-state index in [9.17, 15) is 8.42 Å². The summed E-state index contributed by atoms with van der Waals surface area (Å²) in [4.78, 5) is 0.344. The lowest BCUT2D eigenvalue weighted by Gasteiger charge is -2.10. The SMILES string of the molecule is CCS(=O)(=O)c1ccc(C(N)CCCl)cc1. The maximum Gasteiger partial charge on any atom is 0.178 e. The summed E-state index contributed by atoms with van der Waals surface area (Å²) in [6.07, 6.45) is 0.682. The van der Waals surface area contributed by atoms with Gasteiger partial charge >= 0.3 is 0 Å². The second-order valence-electron chi connectivity index (χ2n) is 3.56. The van der Waals surface area contributed by atoms with Crippen molar-refractivity contribution in [2.24, 2.45) is 5.73 Å². The van der Waals surface area contributed by atoms with Crippen LogP contribution in [0.5, 0.6) is 0 Å². The van der Waals surface area contributed by atoms with E-state index in [0.29, 0.717) is 17.2 Å². The van der Waals surface area contributed by atoms with Crippen molar-refractivity contribution in [3.05, 3.63) is 29.8 Å². The molecule has 16 heavy (non-hydrogen) atoms. The number of rotatable bonds is 5. The highest BCUT2D eigenvalue weighted by molar-refractivity contribution is 7.91. The standard InChI is InChI=1S/C11H16ClNO2S/c1-2-16(14,15)10-5-3-9(4-6-10)11(13)7-8-12/h3-6,11H,2,7-8,13H2,1H3. The minimum atomic E-state index is -3.12. The highest BCUT2D eigenvalue weighted by Crippen LogP contribution is 2.18. The first-order valence-corrected chi connectivity index (χ1v) is 7.34. The molecule has 0 amide bonds. The molecule has 0 spiro atoms. The molecule has 0 aromatic heterocycles. The molecule has 3 nitrogen and oxygen atoms in total. The van der Waals surface area contributed by atoms with E-state index in [4.69, 9.17) is 17.3 Å². The van der Waals surface area contributed by atoms with E-state index in [-0.39, 0.29) is 11.8 Å². The summed E-state index contributed by atoms with van der Waals surface area (Å²) in [5.74, 6) is 0.607. The van der Waals surface area contributed by atoms with Gasteiger partial charge in [-0.3, -0.25) is 0 Å². The Kier molecular flexibility index (Phi) is 4.77. The maximum atomic E-state index is 11.6. The van der Waals surface area contributed by atoms with Crippen molar-refractivity contribution in [3.8, 4) is 0 Å². The molecular weight excluding hydrogens is 246 g/mol. The molecular formula is C11H16ClNO2S. The van der Waals surface area contributed by atoms with Gasteiger partial charge < -0.3 is 5.73 Å². The van der Waals surface area contributed by atoms with Crippen LogP contribution in [0.4, 0.5) is 0 Å². The molecule has 0 aliphatic carbocycles. The zero-order valence-electron chi connectivity index (χ0n) is 9.19. The van der Waals surface area contributed by atoms with Crippen molar-refractivity contribution >= 4 is 21.4 Å². The third-order valence-corrected chi connectivity index (χ3v) is 4.44. The van der Waals surface area contributed by atoms with Gasteiger partial charge in [-0.1, -0.05) is 19.1 Å². The molecule has 0 fully saturated rings. The molecule has 2 N–H and O–H groups in total. The molecule has 0 saturated carbocycles. The Labute approximate surface area is 102 Å². The maximum absolute atomic E-state index is 11.6. The van der Waals surface area contributed by atoms with Gasteiger partial charge in [0, 0.05) is 11.9 Å². The quantitative estimate of drug-likeness (QED) is 0.826. The molecule has 1 atom stereocenters. The van der Waals surface area contributed by atoms with Crippen LogP contribution < -0.4 is 5.73 Å². The van der Waals surface area contributed by atoms with Crippen molar-refractivity contribution in [1.82, 2.24) is 0 Å². The number of sulfone groups is 1. The molecule has 0 radical (unpaired) electrons. The third kappa shape index (κ3) is 3.20. The topological polar surface area (TPSA) is 60.2 Å². The first-order valence-electron chi connectivity index (χ1n) is 5.15. The Morgan fingerprint density at radius 1 is 1.31 bits per heavy atom. The second-order valence-corrected chi connectivity index (χ2v) is 6.21. The van der Waals surface area contributed by atoms with Crippen molar-refractivity contribution in [3.63, 3.8) is 0 Å². The number of hydrogen-bond donors (Lipinski definition) is 1. The van der Waals surface area contributed by atoms with Gasteiger partial charge in [0.05, 0.1) is 10.6 Å². The summed E-state index contributed by atoms with van der Waals surface area (Å²) >= 11 is 5.60. The average molecular weight is 262 g/mol. The van der Waals surface area contributed by atoms with Gasteiger partial charge in [-0.25, -0.2) is 8.42 Å². The van der Waals surface area contributed by atoms with Gasteiger partial charge in [0.2, 0.25) is 0 Å². The monoisotopic (exact) mass is 261 g/mol. The van der Waals surface area contributed by atoms with Gasteiger partial charge in [-0.05, 0) is 24.1 Å². The van der Waals surface area contributed by atoms with E-state index in [2.05, 4.69) is 0 Å². The lowest BCUT2D eigenvalue weighted by atomic mass is 10.1. The van der Waals surface area contributed by atoms with E-state index in [1.807, 2.05) is 0 Å². The molecule has 0 aliphatic rings. The Morgan fingerprint density at radius 3 is 2.31 bits per heavy atom. The van der Waals surface area contributed by atoms with Crippen LogP contribution in [-0.2, 0) is 9.84 Å². The minimum absolute atomic E-state index is 0.111. The number of benzene rings is 1. The lowest BCUT2D eigenvalue weighted by Crippen LogP contribution is -2.11. The molecule has 1 aromatic rings. The number of nitrogens with two attached hydrogens (primary N) is 1. The third-order valence-electron chi connectivity index (χ3n) is 2.47. The predicted octanol–water partition coefficient (Wildman–Crippen LogP) is 2.11. The molecule has 1 unspecified atom stereocenters. The predicted molar refractivity (Wildman–Crippen MR) is 66.4 cm³/mol. The van der Waals surface area contributed by atoms with Crippen LogP contribution in [0, 0.1) is 0 Å². The van der Waals surface area contributed by atoms with Crippen LogP contribution in [0.15, 0.2) is 29.2 Å². The van der Waals surface area contributed by atoms with Crippen LogP contribution in [0.2, 0.25) is 0 Å². The summed E-state index contributed by atoms with van der Waals surface area (Å²) in [5.41, 5.74) is 6.78. The van der Waals surface area contributed by atoms with Crippen molar-refractivity contribution < 1.29 is 8.42 Å². The first-order chi connectivity index (χ1) is 7.51. The summed E-state index contributed by atoms with van der Waals surface area (Å²) in [7, 11) is -3.12. The van der Waals surface area contributed by atoms with E-state index >= 15 is 0 Å². The summed E-state index contributed by atoms with van der Waals surface area (Å²) in [6, 6.07) is 6.57. The molecule has 0 saturated heterocycles. The fourth-order valence-corrected chi connectivity index (χ4v) is 2.49. The van der Waals surface area contributed by atoms with Gasteiger partial charge in [0.15, 0.2) is 9.84 Å². The molecule has 1 aromatic carbocycles. The van der Waals surface area contributed by atoms with E-state index in [1.165, 1.54) is 0 Å². The minimum Gasteiger partial charge on any atom is -0.324 e. The highest BCUT2D eigenvalue weighted by atomic mass is 35.5. The van der Waals surface area contributed by atoms with Gasteiger partial charge in [-0.15, -0.1) is 11.6 Å². The molecule has 0 heterocycles. The van der Waals surface area contributed by atoms with Gasteiger partial charge in [-0.2, -0.15) is 0 Å². The van der Waals surface area contributed by atoms with Crippen LogP contribution in [0.1, 0.15) is 24.9 Å². The van der Waals surface area contributed by atoms with Crippen molar-refractivity contribution in [1.29, 1.82) is 0 Å². The Balaban J connectivity index is 2.91. The fraction of sp³-hybridized carbons (Fsp3) is 0.455. The zero-order chi connectivity index (χ0) is 12.2. The van der Waals surface area contributed by atoms with Gasteiger partial charge in [0.1, 0.15) is 0 Å². The average Bonchev–Trinajstić information content (AvgIpc) is 2.29. The summed E-state index contributed by atoms with van der Waals surface area (Å²) < 4.78 is 23.1. The van der Waals surface area contributed by atoms with E-state index in [1.54, 1.807) is 31.2 Å². The van der Waals surface area contributed by atoms with Crippen LogP contribution >= 0.6 is 11.6 Å². The second kappa shape index (κ2) is 5.66. The van der Waals surface area contributed by atoms with Crippen LogP contribution in [-0.4, -0.2) is 20.1 Å². The van der Waals surface area contributed by atoms with Crippen LogP contribution in [0.25, 0.3) is 0 Å². The largest absolute Gasteiger partial charge is 0.324 e. The Morgan fingerprint density at radius 2 is 1.88 bits per heavy atom. The summed E-state index contributed by atoms with van der Waals surface area (Å²) in [6.45, 7) is 1.63. The molecule has 0 bridgehead atoms. The first kappa shape index (κ1) is 13.5. The number of alkyl halides is 1. The normalized spacial score (nSPS) is 13.7. The Hall–Kier alpha value is -0.580. The molecule has 5 heteroatoms. The fourth-order valence-electron chi connectivity index (χ4n) is 1.37. The van der Waals surface area contributed by atoms with Crippen molar-refractivity contribution in [2.45, 2.75) is 24.3 Å². The number of halogens is 1. The van der Waals surface area contributed by atoms with E-state index < -0.39 is 9.84 Å². The number of hydrogen-bond acceptors (Lipinski definition) is 3. The van der Waals surface area contributed by atoms with Gasteiger partial charge in [0.25, 0.3) is 0 Å². The van der Waals surface area contributed by atoms with E-state index in [0.717, 1.165) is 5.56 Å².